The Morgan fingerprint density at radius 3 is 2.79 bits per heavy atom. The molecule has 2 aromatic heterocycles. The van der Waals surface area contributed by atoms with Crippen LogP contribution in [0, 0.1) is 0 Å². The number of ether oxygens (including phenoxy) is 1. The molecule has 0 radical (unpaired) electrons. The summed E-state index contributed by atoms with van der Waals surface area (Å²) in [6.07, 6.45) is 1.03. The van der Waals surface area contributed by atoms with Gasteiger partial charge in [-0.1, -0.05) is 42.1 Å². The summed E-state index contributed by atoms with van der Waals surface area (Å²) in [5.41, 5.74) is 2.16. The normalized spacial score (nSPS) is 14.7. The van der Waals surface area contributed by atoms with Crippen LogP contribution in [0.25, 0.3) is 11.6 Å². The van der Waals surface area contributed by atoms with E-state index in [4.69, 9.17) is 9.15 Å². The minimum absolute atomic E-state index is 0.127. The van der Waals surface area contributed by atoms with E-state index in [1.165, 1.54) is 11.8 Å². The Morgan fingerprint density at radius 1 is 1.15 bits per heavy atom. The second-order valence-corrected chi connectivity index (χ2v) is 8.59. The van der Waals surface area contributed by atoms with E-state index in [2.05, 4.69) is 20.8 Å². The van der Waals surface area contributed by atoms with Crippen LogP contribution in [0.5, 0.6) is 5.75 Å². The molecule has 4 aromatic rings. The van der Waals surface area contributed by atoms with Crippen LogP contribution in [0.2, 0.25) is 0 Å². The smallest absolute Gasteiger partial charge is 0.265 e. The SMILES string of the molecule is CC1Oc2ccc(NC(=O)CSc3nnc(-c4ccco4)n3Cc3ccccc3)cc2NC1=O. The molecule has 0 saturated carbocycles. The Balaban J connectivity index is 1.29. The number of benzene rings is 2. The Kier molecular flexibility index (Phi) is 6.05. The topological polar surface area (TPSA) is 111 Å². The number of hydrogen-bond donors (Lipinski definition) is 2. The largest absolute Gasteiger partial charge is 0.479 e. The molecule has 1 aliphatic rings. The number of nitrogens with one attached hydrogen (secondary N) is 2. The molecule has 172 valence electrons. The van der Waals surface area contributed by atoms with Gasteiger partial charge < -0.3 is 19.8 Å². The van der Waals surface area contributed by atoms with Gasteiger partial charge in [0, 0.05) is 5.69 Å². The Labute approximate surface area is 199 Å². The summed E-state index contributed by atoms with van der Waals surface area (Å²) in [5.74, 6) is 1.46. The highest BCUT2D eigenvalue weighted by Crippen LogP contribution is 2.32. The van der Waals surface area contributed by atoms with Crippen molar-refractivity contribution in [3.63, 3.8) is 0 Å². The zero-order chi connectivity index (χ0) is 23.5. The van der Waals surface area contributed by atoms with E-state index in [1.54, 1.807) is 37.5 Å². The van der Waals surface area contributed by atoms with Crippen molar-refractivity contribution >= 4 is 35.0 Å². The monoisotopic (exact) mass is 475 g/mol. The number of anilines is 2. The third kappa shape index (κ3) is 4.67. The lowest BCUT2D eigenvalue weighted by Gasteiger charge is -2.23. The fraction of sp³-hybridized carbons (Fsp3) is 0.167. The molecule has 9 nitrogen and oxygen atoms in total. The highest BCUT2D eigenvalue weighted by atomic mass is 32.2. The van der Waals surface area contributed by atoms with Crippen molar-refractivity contribution < 1.29 is 18.7 Å². The van der Waals surface area contributed by atoms with E-state index < -0.39 is 6.10 Å². The predicted octanol–water partition coefficient (Wildman–Crippen LogP) is 4.04. The second kappa shape index (κ2) is 9.44. The minimum Gasteiger partial charge on any atom is -0.479 e. The molecule has 0 fully saturated rings. The maximum absolute atomic E-state index is 12.6. The number of thioether (sulfide) groups is 1. The minimum atomic E-state index is -0.552. The van der Waals surface area contributed by atoms with Crippen molar-refractivity contribution in [3.05, 3.63) is 72.5 Å². The number of carbonyl (C=O) groups is 2. The van der Waals surface area contributed by atoms with Gasteiger partial charge >= 0.3 is 0 Å². The third-order valence-corrected chi connectivity index (χ3v) is 6.14. The Hall–Kier alpha value is -4.05. The Bertz CT molecular complexity index is 1320. The van der Waals surface area contributed by atoms with Crippen molar-refractivity contribution in [2.45, 2.75) is 24.7 Å². The number of furan rings is 1. The molecule has 2 N–H and O–H groups in total. The zero-order valence-electron chi connectivity index (χ0n) is 18.2. The fourth-order valence-corrected chi connectivity index (χ4v) is 4.24. The first-order valence-electron chi connectivity index (χ1n) is 10.6. The maximum Gasteiger partial charge on any atom is 0.265 e. The summed E-state index contributed by atoms with van der Waals surface area (Å²) >= 11 is 1.28. The second-order valence-electron chi connectivity index (χ2n) is 7.65. The molecule has 5 rings (SSSR count). The lowest BCUT2D eigenvalue weighted by Crippen LogP contribution is -2.34. The molecule has 1 unspecified atom stereocenters. The zero-order valence-corrected chi connectivity index (χ0v) is 19.0. The van der Waals surface area contributed by atoms with E-state index >= 15 is 0 Å². The van der Waals surface area contributed by atoms with Crippen LogP contribution in [0.15, 0.2) is 76.5 Å². The van der Waals surface area contributed by atoms with Crippen LogP contribution in [0.3, 0.4) is 0 Å². The number of hydrogen-bond acceptors (Lipinski definition) is 7. The van der Waals surface area contributed by atoms with Gasteiger partial charge in [0.25, 0.3) is 5.91 Å². The van der Waals surface area contributed by atoms with Gasteiger partial charge in [0.1, 0.15) is 5.75 Å². The molecule has 0 saturated heterocycles. The van der Waals surface area contributed by atoms with Crippen molar-refractivity contribution in [2.24, 2.45) is 0 Å². The van der Waals surface area contributed by atoms with Crippen molar-refractivity contribution in [1.82, 2.24) is 14.8 Å². The van der Waals surface area contributed by atoms with Gasteiger partial charge in [-0.3, -0.25) is 14.2 Å². The number of carbonyl (C=O) groups excluding carboxylic acids is 2. The van der Waals surface area contributed by atoms with Crippen LogP contribution in [-0.2, 0) is 16.1 Å². The number of rotatable bonds is 7. The number of aromatic nitrogens is 3. The quantitative estimate of drug-likeness (QED) is 0.388. The first-order valence-corrected chi connectivity index (χ1v) is 11.6. The molecule has 0 bridgehead atoms. The molecular formula is C24H21N5O4S. The first-order chi connectivity index (χ1) is 16.6. The van der Waals surface area contributed by atoms with Gasteiger partial charge in [-0.15, -0.1) is 10.2 Å². The van der Waals surface area contributed by atoms with E-state index in [0.29, 0.717) is 40.4 Å². The van der Waals surface area contributed by atoms with Crippen LogP contribution in [0.1, 0.15) is 12.5 Å². The van der Waals surface area contributed by atoms with Gasteiger partial charge in [0.15, 0.2) is 17.0 Å². The standard InChI is InChI=1S/C24H21N5O4S/c1-15-23(31)26-18-12-17(9-10-19(18)33-15)25-21(30)14-34-24-28-27-22(20-8-5-11-32-20)29(24)13-16-6-3-2-4-7-16/h2-12,15H,13-14H2,1H3,(H,25,30)(H,26,31). The van der Waals surface area contributed by atoms with E-state index in [0.717, 1.165) is 5.56 Å². The average molecular weight is 476 g/mol. The molecule has 34 heavy (non-hydrogen) atoms. The summed E-state index contributed by atoms with van der Waals surface area (Å²) in [7, 11) is 0. The number of fused-ring (bicyclic) bond motifs is 1. The van der Waals surface area contributed by atoms with E-state index in [9.17, 15) is 9.59 Å². The van der Waals surface area contributed by atoms with Crippen LogP contribution in [-0.4, -0.2) is 38.4 Å². The predicted molar refractivity (Wildman–Crippen MR) is 128 cm³/mol. The summed E-state index contributed by atoms with van der Waals surface area (Å²) in [4.78, 5) is 24.5. The lowest BCUT2D eigenvalue weighted by molar-refractivity contribution is -0.122. The van der Waals surface area contributed by atoms with Crippen LogP contribution >= 0.6 is 11.8 Å². The number of amides is 2. The highest BCUT2D eigenvalue weighted by Gasteiger charge is 2.24. The lowest BCUT2D eigenvalue weighted by atomic mass is 10.2. The van der Waals surface area contributed by atoms with Crippen LogP contribution in [0.4, 0.5) is 11.4 Å². The maximum atomic E-state index is 12.6. The molecular weight excluding hydrogens is 454 g/mol. The van der Waals surface area contributed by atoms with Gasteiger partial charge in [-0.25, -0.2) is 0 Å². The molecule has 1 aliphatic heterocycles. The van der Waals surface area contributed by atoms with Crippen molar-refractivity contribution in [1.29, 1.82) is 0 Å². The van der Waals surface area contributed by atoms with E-state index in [-0.39, 0.29) is 17.6 Å². The van der Waals surface area contributed by atoms with Crippen molar-refractivity contribution in [3.8, 4) is 17.3 Å². The summed E-state index contributed by atoms with van der Waals surface area (Å²) in [5, 5.41) is 14.8. The molecule has 10 heteroatoms. The summed E-state index contributed by atoms with van der Waals surface area (Å²) in [6.45, 7) is 2.22. The van der Waals surface area contributed by atoms with Crippen LogP contribution < -0.4 is 15.4 Å². The van der Waals surface area contributed by atoms with Gasteiger partial charge in [0.2, 0.25) is 11.7 Å². The summed E-state index contributed by atoms with van der Waals surface area (Å²) < 4.78 is 13.0. The molecule has 0 aliphatic carbocycles. The van der Waals surface area contributed by atoms with Gasteiger partial charge in [0.05, 0.1) is 24.2 Å². The van der Waals surface area contributed by atoms with Crippen molar-refractivity contribution in [2.75, 3.05) is 16.4 Å². The molecule has 0 spiro atoms. The van der Waals surface area contributed by atoms with E-state index in [1.807, 2.05) is 41.0 Å². The number of nitrogens with zero attached hydrogens (tertiary/aromatic N) is 3. The Morgan fingerprint density at radius 2 is 2.00 bits per heavy atom. The summed E-state index contributed by atoms with van der Waals surface area (Å²) in [6, 6.07) is 18.7. The van der Waals surface area contributed by atoms with Gasteiger partial charge in [-0.2, -0.15) is 0 Å². The van der Waals surface area contributed by atoms with Gasteiger partial charge in [-0.05, 0) is 42.8 Å². The fourth-order valence-electron chi connectivity index (χ4n) is 3.51. The third-order valence-electron chi connectivity index (χ3n) is 5.17. The molecule has 2 amide bonds. The first kappa shape index (κ1) is 21.8. The highest BCUT2D eigenvalue weighted by molar-refractivity contribution is 7.99. The molecule has 1 atom stereocenters. The average Bonchev–Trinajstić information content (AvgIpc) is 3.49. The molecule has 2 aromatic carbocycles. The molecule has 3 heterocycles.